The lowest BCUT2D eigenvalue weighted by molar-refractivity contribution is -0.121. The van der Waals surface area contributed by atoms with Crippen LogP contribution in [0.15, 0.2) is 42.0 Å². The van der Waals surface area contributed by atoms with E-state index in [1.807, 2.05) is 43.3 Å². The zero-order chi connectivity index (χ0) is 14.4. The lowest BCUT2D eigenvalue weighted by Crippen LogP contribution is -2.23. The Labute approximate surface area is 116 Å². The van der Waals surface area contributed by atoms with Crippen molar-refractivity contribution >= 4 is 17.8 Å². The van der Waals surface area contributed by atoms with E-state index in [2.05, 4.69) is 20.6 Å². The van der Waals surface area contributed by atoms with Gasteiger partial charge in [-0.25, -0.2) is 15.1 Å². The summed E-state index contributed by atoms with van der Waals surface area (Å²) in [6, 6.07) is 7.84. The van der Waals surface area contributed by atoms with Gasteiger partial charge in [-0.2, -0.15) is 10.2 Å². The number of hydrogen-bond acceptors (Lipinski definition) is 5. The van der Waals surface area contributed by atoms with Crippen LogP contribution >= 0.6 is 0 Å². The van der Waals surface area contributed by atoms with E-state index in [1.165, 1.54) is 17.3 Å². The Bertz CT molecular complexity index is 573. The molecule has 1 aromatic heterocycles. The summed E-state index contributed by atoms with van der Waals surface area (Å²) in [4.78, 5) is 17.3. The number of nitrogens with one attached hydrogen (secondary N) is 1. The topological polar surface area (TPSA) is 75.4 Å². The highest BCUT2D eigenvalue weighted by molar-refractivity contribution is 5.82. The van der Waals surface area contributed by atoms with Gasteiger partial charge in [0.25, 0.3) is 5.91 Å². The van der Waals surface area contributed by atoms with Crippen LogP contribution in [-0.2, 0) is 11.3 Å². The highest BCUT2D eigenvalue weighted by atomic mass is 16.2. The molecule has 0 unspecified atom stereocenters. The van der Waals surface area contributed by atoms with E-state index in [0.717, 1.165) is 11.3 Å². The Morgan fingerprint density at radius 1 is 1.40 bits per heavy atom. The Balaban J connectivity index is 1.85. The first-order valence-corrected chi connectivity index (χ1v) is 6.07. The number of aromatic nitrogens is 3. The first kappa shape index (κ1) is 13.7. The summed E-state index contributed by atoms with van der Waals surface area (Å²) in [6.07, 6.45) is 4.45. The first-order chi connectivity index (χ1) is 9.65. The minimum absolute atomic E-state index is 0.0942. The van der Waals surface area contributed by atoms with Crippen molar-refractivity contribution in [1.82, 2.24) is 20.2 Å². The summed E-state index contributed by atoms with van der Waals surface area (Å²) in [5.41, 5.74) is 4.46. The quantitative estimate of drug-likeness (QED) is 0.635. The third-order valence-corrected chi connectivity index (χ3v) is 2.58. The molecule has 0 aliphatic heterocycles. The summed E-state index contributed by atoms with van der Waals surface area (Å²) < 4.78 is 1.43. The molecule has 7 nitrogen and oxygen atoms in total. The van der Waals surface area contributed by atoms with E-state index in [0.29, 0.717) is 0 Å². The van der Waals surface area contributed by atoms with Gasteiger partial charge in [-0.3, -0.25) is 4.79 Å². The van der Waals surface area contributed by atoms with Crippen molar-refractivity contribution in [2.45, 2.75) is 6.54 Å². The molecule has 0 aliphatic carbocycles. The second kappa shape index (κ2) is 6.46. The molecule has 7 heteroatoms. The predicted octanol–water partition coefficient (Wildman–Crippen LogP) is 0.494. The van der Waals surface area contributed by atoms with Gasteiger partial charge in [0.2, 0.25) is 0 Å². The average molecular weight is 272 g/mol. The largest absolute Gasteiger partial charge is 0.378 e. The number of hydrazone groups is 1. The number of rotatable bonds is 5. The van der Waals surface area contributed by atoms with Crippen LogP contribution in [-0.4, -0.2) is 41.0 Å². The van der Waals surface area contributed by atoms with Crippen LogP contribution in [0.2, 0.25) is 0 Å². The summed E-state index contributed by atoms with van der Waals surface area (Å²) in [7, 11) is 3.96. The molecule has 2 rings (SSSR count). The van der Waals surface area contributed by atoms with Gasteiger partial charge >= 0.3 is 0 Å². The van der Waals surface area contributed by atoms with Crippen molar-refractivity contribution in [3.05, 3.63) is 42.5 Å². The number of hydrogen-bond donors (Lipinski definition) is 1. The zero-order valence-corrected chi connectivity index (χ0v) is 11.4. The van der Waals surface area contributed by atoms with Gasteiger partial charge in [0.1, 0.15) is 19.2 Å². The molecule has 1 amide bonds. The number of anilines is 1. The Morgan fingerprint density at radius 3 is 2.75 bits per heavy atom. The van der Waals surface area contributed by atoms with Gasteiger partial charge < -0.3 is 4.90 Å². The third kappa shape index (κ3) is 3.91. The molecule has 0 saturated carbocycles. The fourth-order valence-electron chi connectivity index (χ4n) is 1.53. The van der Waals surface area contributed by atoms with Crippen LogP contribution in [0.1, 0.15) is 5.56 Å². The maximum absolute atomic E-state index is 11.5. The monoisotopic (exact) mass is 272 g/mol. The van der Waals surface area contributed by atoms with E-state index in [4.69, 9.17) is 0 Å². The molecule has 0 aliphatic rings. The number of benzene rings is 1. The summed E-state index contributed by atoms with van der Waals surface area (Å²) in [5, 5.41) is 7.73. The molecule has 0 bridgehead atoms. The third-order valence-electron chi connectivity index (χ3n) is 2.58. The summed E-state index contributed by atoms with van der Waals surface area (Å²) in [6.45, 7) is 0.0942. The van der Waals surface area contributed by atoms with E-state index in [-0.39, 0.29) is 12.5 Å². The lowest BCUT2D eigenvalue weighted by Gasteiger charge is -2.11. The molecule has 104 valence electrons. The predicted molar refractivity (Wildman–Crippen MR) is 76.5 cm³/mol. The smallest absolute Gasteiger partial charge is 0.261 e. The maximum atomic E-state index is 11.5. The van der Waals surface area contributed by atoms with Crippen molar-refractivity contribution in [2.24, 2.45) is 5.10 Å². The molecule has 1 heterocycles. The Kier molecular flexibility index (Phi) is 4.43. The maximum Gasteiger partial charge on any atom is 0.261 e. The second-order valence-corrected chi connectivity index (χ2v) is 4.37. The SMILES string of the molecule is CN(C)c1ccc(/C=N/NC(=O)Cn2cncn2)cc1. The number of nitrogens with zero attached hydrogens (tertiary/aromatic N) is 5. The number of carbonyl (C=O) groups excluding carboxylic acids is 1. The standard InChI is InChI=1S/C13H16N6O/c1-18(2)12-5-3-11(4-6-12)7-15-17-13(20)8-19-10-14-9-16-19/h3-7,9-10H,8H2,1-2H3,(H,17,20)/b15-7+. The summed E-state index contributed by atoms with van der Waals surface area (Å²) >= 11 is 0. The van der Waals surface area contributed by atoms with Crippen LogP contribution in [0, 0.1) is 0 Å². The minimum atomic E-state index is -0.253. The van der Waals surface area contributed by atoms with E-state index in [9.17, 15) is 4.79 Å². The van der Waals surface area contributed by atoms with Gasteiger partial charge in [-0.15, -0.1) is 0 Å². The Hall–Kier alpha value is -2.70. The van der Waals surface area contributed by atoms with Gasteiger partial charge in [0, 0.05) is 19.8 Å². The molecule has 0 radical (unpaired) electrons. The van der Waals surface area contributed by atoms with Gasteiger partial charge in [0.05, 0.1) is 6.21 Å². The van der Waals surface area contributed by atoms with Crippen LogP contribution in [0.4, 0.5) is 5.69 Å². The van der Waals surface area contributed by atoms with Gasteiger partial charge in [0.15, 0.2) is 0 Å². The Morgan fingerprint density at radius 2 is 2.15 bits per heavy atom. The van der Waals surface area contributed by atoms with Crippen LogP contribution in [0.5, 0.6) is 0 Å². The first-order valence-electron chi connectivity index (χ1n) is 6.07. The van der Waals surface area contributed by atoms with Crippen molar-refractivity contribution in [2.75, 3.05) is 19.0 Å². The molecule has 2 aromatic rings. The molecular weight excluding hydrogens is 256 g/mol. The van der Waals surface area contributed by atoms with Crippen molar-refractivity contribution in [3.8, 4) is 0 Å². The molecule has 1 N–H and O–H groups in total. The fraction of sp³-hybridized carbons (Fsp3) is 0.231. The normalized spacial score (nSPS) is 10.7. The molecule has 0 spiro atoms. The zero-order valence-electron chi connectivity index (χ0n) is 11.4. The molecule has 1 aromatic carbocycles. The van der Waals surface area contributed by atoms with Crippen molar-refractivity contribution in [1.29, 1.82) is 0 Å². The summed E-state index contributed by atoms with van der Waals surface area (Å²) in [5.74, 6) is -0.253. The van der Waals surface area contributed by atoms with Crippen LogP contribution in [0.25, 0.3) is 0 Å². The minimum Gasteiger partial charge on any atom is -0.378 e. The lowest BCUT2D eigenvalue weighted by atomic mass is 10.2. The van der Waals surface area contributed by atoms with Crippen LogP contribution in [0.3, 0.4) is 0 Å². The highest BCUT2D eigenvalue weighted by Gasteiger charge is 2.00. The van der Waals surface area contributed by atoms with Gasteiger partial charge in [-0.1, -0.05) is 12.1 Å². The number of amides is 1. The molecule has 0 saturated heterocycles. The molecular formula is C13H16N6O. The van der Waals surface area contributed by atoms with Gasteiger partial charge in [-0.05, 0) is 17.7 Å². The number of carbonyl (C=O) groups is 1. The van der Waals surface area contributed by atoms with E-state index >= 15 is 0 Å². The van der Waals surface area contributed by atoms with Crippen molar-refractivity contribution in [3.63, 3.8) is 0 Å². The molecule has 20 heavy (non-hydrogen) atoms. The van der Waals surface area contributed by atoms with E-state index in [1.54, 1.807) is 6.21 Å². The molecule has 0 atom stereocenters. The van der Waals surface area contributed by atoms with Crippen molar-refractivity contribution < 1.29 is 4.79 Å². The highest BCUT2D eigenvalue weighted by Crippen LogP contribution is 2.10. The fourth-order valence-corrected chi connectivity index (χ4v) is 1.53. The second-order valence-electron chi connectivity index (χ2n) is 4.37. The average Bonchev–Trinajstić information content (AvgIpc) is 2.92. The molecule has 0 fully saturated rings. The van der Waals surface area contributed by atoms with E-state index < -0.39 is 0 Å². The van der Waals surface area contributed by atoms with Crippen LogP contribution < -0.4 is 10.3 Å².